The lowest BCUT2D eigenvalue weighted by Gasteiger charge is -2.00. The van der Waals surface area contributed by atoms with Crippen molar-refractivity contribution in [3.63, 3.8) is 0 Å². The van der Waals surface area contributed by atoms with Gasteiger partial charge in [0.25, 0.3) is 0 Å². The van der Waals surface area contributed by atoms with Crippen LogP contribution in [0, 0.1) is 0 Å². The van der Waals surface area contributed by atoms with E-state index in [1.54, 1.807) is 4.88 Å². The smallest absolute Gasteiger partial charge is 0.0453 e. The minimum atomic E-state index is 1.29. The second-order valence-electron chi connectivity index (χ2n) is 5.09. The van der Waals surface area contributed by atoms with E-state index in [0.29, 0.717) is 0 Å². The first-order valence-electron chi connectivity index (χ1n) is 7.36. The second-order valence-corrected chi connectivity index (χ2v) is 7.20. The van der Waals surface area contributed by atoms with E-state index in [2.05, 4.69) is 24.4 Å². The zero-order valence-corrected chi connectivity index (χ0v) is 13.0. The van der Waals surface area contributed by atoms with Gasteiger partial charge < -0.3 is 0 Å². The first-order valence-corrected chi connectivity index (χ1v) is 9.05. The standard InChI is InChI=1S/C16H24S2/c1-2-3-4-5-6-7-8-9-10-14-13-16-15(18-14)11-12-17-16/h11-13H,2-10H2,1H3. The molecule has 0 aliphatic carbocycles. The summed E-state index contributed by atoms with van der Waals surface area (Å²) in [6.07, 6.45) is 12.6. The third-order valence-electron chi connectivity index (χ3n) is 3.47. The van der Waals surface area contributed by atoms with Crippen LogP contribution in [0.15, 0.2) is 17.5 Å². The minimum absolute atomic E-state index is 1.29. The Bertz CT molecular complexity index is 410. The fourth-order valence-corrected chi connectivity index (χ4v) is 4.55. The van der Waals surface area contributed by atoms with Gasteiger partial charge in [0.05, 0.1) is 0 Å². The molecule has 0 aliphatic heterocycles. The van der Waals surface area contributed by atoms with Gasteiger partial charge in [0.15, 0.2) is 0 Å². The number of rotatable bonds is 9. The summed E-state index contributed by atoms with van der Waals surface area (Å²) >= 11 is 3.86. The van der Waals surface area contributed by atoms with Crippen LogP contribution in [-0.2, 0) is 6.42 Å². The van der Waals surface area contributed by atoms with Crippen LogP contribution < -0.4 is 0 Å². The summed E-state index contributed by atoms with van der Waals surface area (Å²) in [6, 6.07) is 4.65. The van der Waals surface area contributed by atoms with Crippen LogP contribution in [0.2, 0.25) is 0 Å². The molecule has 2 heterocycles. The van der Waals surface area contributed by atoms with Gasteiger partial charge >= 0.3 is 0 Å². The molecule has 2 aromatic heterocycles. The summed E-state index contributed by atoms with van der Waals surface area (Å²) in [5.74, 6) is 0. The van der Waals surface area contributed by atoms with Crippen molar-refractivity contribution in [2.45, 2.75) is 64.7 Å². The average molecular weight is 281 g/mol. The second kappa shape index (κ2) is 7.96. The molecule has 0 N–H and O–H groups in total. The van der Waals surface area contributed by atoms with Crippen molar-refractivity contribution < 1.29 is 0 Å². The Morgan fingerprint density at radius 1 is 0.889 bits per heavy atom. The minimum Gasteiger partial charge on any atom is -0.143 e. The SMILES string of the molecule is CCCCCCCCCCc1cc2sccc2s1. The fraction of sp³-hybridized carbons (Fsp3) is 0.625. The van der Waals surface area contributed by atoms with Crippen LogP contribution in [0.4, 0.5) is 0 Å². The van der Waals surface area contributed by atoms with E-state index in [9.17, 15) is 0 Å². The van der Waals surface area contributed by atoms with Crippen LogP contribution in [0.25, 0.3) is 9.40 Å². The molecule has 2 rings (SSSR count). The number of hydrogen-bond donors (Lipinski definition) is 0. The van der Waals surface area contributed by atoms with E-state index in [4.69, 9.17) is 0 Å². The predicted octanol–water partition coefficient (Wildman–Crippen LogP) is 6.65. The normalized spacial score (nSPS) is 11.4. The molecular formula is C16H24S2. The Hall–Kier alpha value is -0.340. The lowest BCUT2D eigenvalue weighted by molar-refractivity contribution is 0.576. The number of thiophene rings is 2. The Morgan fingerprint density at radius 3 is 2.33 bits per heavy atom. The van der Waals surface area contributed by atoms with Crippen LogP contribution in [0.3, 0.4) is 0 Å². The van der Waals surface area contributed by atoms with Gasteiger partial charge in [-0.1, -0.05) is 51.9 Å². The van der Waals surface area contributed by atoms with Crippen molar-refractivity contribution in [2.24, 2.45) is 0 Å². The van der Waals surface area contributed by atoms with Gasteiger partial charge in [-0.3, -0.25) is 0 Å². The molecule has 0 nitrogen and oxygen atoms in total. The predicted molar refractivity (Wildman–Crippen MR) is 86.0 cm³/mol. The quantitative estimate of drug-likeness (QED) is 0.451. The monoisotopic (exact) mass is 280 g/mol. The van der Waals surface area contributed by atoms with Crippen LogP contribution in [-0.4, -0.2) is 0 Å². The maximum atomic E-state index is 2.39. The molecule has 2 heteroatoms. The van der Waals surface area contributed by atoms with Gasteiger partial charge in [-0.15, -0.1) is 22.7 Å². The third kappa shape index (κ3) is 4.40. The zero-order valence-electron chi connectivity index (χ0n) is 11.4. The number of aryl methyl sites for hydroxylation is 1. The highest BCUT2D eigenvalue weighted by Gasteiger charge is 2.02. The molecule has 0 amide bonds. The summed E-state index contributed by atoms with van der Waals surface area (Å²) < 4.78 is 2.96. The zero-order chi connectivity index (χ0) is 12.6. The molecule has 0 aromatic carbocycles. The van der Waals surface area contributed by atoms with Gasteiger partial charge in [-0.25, -0.2) is 0 Å². The van der Waals surface area contributed by atoms with Gasteiger partial charge in [-0.2, -0.15) is 0 Å². The van der Waals surface area contributed by atoms with Crippen LogP contribution in [0.5, 0.6) is 0 Å². The summed E-state index contributed by atoms with van der Waals surface area (Å²) in [4.78, 5) is 1.59. The molecule has 0 aliphatic rings. The van der Waals surface area contributed by atoms with Crippen molar-refractivity contribution in [3.05, 3.63) is 22.4 Å². The molecule has 0 unspecified atom stereocenters. The van der Waals surface area contributed by atoms with Crippen LogP contribution in [0.1, 0.15) is 63.2 Å². The first kappa shape index (κ1) is 14.1. The van der Waals surface area contributed by atoms with Gasteiger partial charge in [0, 0.05) is 14.3 Å². The molecule has 18 heavy (non-hydrogen) atoms. The average Bonchev–Trinajstić information content (AvgIpc) is 2.93. The Balaban J connectivity index is 1.54. The summed E-state index contributed by atoms with van der Waals surface area (Å²) in [7, 11) is 0. The van der Waals surface area contributed by atoms with Crippen molar-refractivity contribution in [1.29, 1.82) is 0 Å². The summed E-state index contributed by atoms with van der Waals surface area (Å²) in [5, 5.41) is 2.20. The molecular weight excluding hydrogens is 256 g/mol. The maximum Gasteiger partial charge on any atom is 0.0453 e. The van der Waals surface area contributed by atoms with Crippen molar-refractivity contribution in [3.8, 4) is 0 Å². The van der Waals surface area contributed by atoms with E-state index >= 15 is 0 Å². The van der Waals surface area contributed by atoms with Gasteiger partial charge in [-0.05, 0) is 30.4 Å². The lowest BCUT2D eigenvalue weighted by atomic mass is 10.1. The highest BCUT2D eigenvalue weighted by atomic mass is 32.1. The van der Waals surface area contributed by atoms with Crippen molar-refractivity contribution in [1.82, 2.24) is 0 Å². The molecule has 0 radical (unpaired) electrons. The topological polar surface area (TPSA) is 0 Å². The Kier molecular flexibility index (Phi) is 6.22. The maximum absolute atomic E-state index is 2.39. The van der Waals surface area contributed by atoms with E-state index in [0.717, 1.165) is 0 Å². The van der Waals surface area contributed by atoms with Crippen molar-refractivity contribution in [2.75, 3.05) is 0 Å². The van der Waals surface area contributed by atoms with Gasteiger partial charge in [0.1, 0.15) is 0 Å². The van der Waals surface area contributed by atoms with E-state index in [1.807, 2.05) is 22.7 Å². The highest BCUT2D eigenvalue weighted by Crippen LogP contribution is 2.30. The van der Waals surface area contributed by atoms with E-state index < -0.39 is 0 Å². The molecule has 0 bridgehead atoms. The lowest BCUT2D eigenvalue weighted by Crippen LogP contribution is -1.83. The first-order chi connectivity index (χ1) is 8.90. The van der Waals surface area contributed by atoms with Crippen LogP contribution >= 0.6 is 22.7 Å². The molecule has 0 saturated carbocycles. The molecule has 0 fully saturated rings. The molecule has 0 atom stereocenters. The Morgan fingerprint density at radius 2 is 1.61 bits per heavy atom. The number of hydrogen-bond acceptors (Lipinski definition) is 2. The summed E-state index contributed by atoms with van der Waals surface area (Å²) in [5.41, 5.74) is 0. The van der Waals surface area contributed by atoms with Crippen molar-refractivity contribution >= 4 is 32.1 Å². The van der Waals surface area contributed by atoms with E-state index in [1.165, 1.54) is 67.2 Å². The third-order valence-corrected chi connectivity index (χ3v) is 5.62. The number of fused-ring (bicyclic) bond motifs is 1. The largest absolute Gasteiger partial charge is 0.143 e. The van der Waals surface area contributed by atoms with Gasteiger partial charge in [0.2, 0.25) is 0 Å². The summed E-state index contributed by atoms with van der Waals surface area (Å²) in [6.45, 7) is 2.28. The molecule has 0 saturated heterocycles. The molecule has 100 valence electrons. The Labute approximate surface area is 119 Å². The highest BCUT2D eigenvalue weighted by molar-refractivity contribution is 7.26. The fourth-order valence-electron chi connectivity index (χ4n) is 2.37. The number of unbranched alkanes of at least 4 members (excludes halogenated alkanes) is 7. The van der Waals surface area contributed by atoms with E-state index in [-0.39, 0.29) is 0 Å². The molecule has 2 aromatic rings. The molecule has 0 spiro atoms.